The number of β-amino-alcohol motifs (C(OH)–C–C–N with tert-alkyl or cyclic N) is 1. The van der Waals surface area contributed by atoms with Crippen LogP contribution in [0.1, 0.15) is 12.0 Å². The molecule has 1 aromatic carbocycles. The first-order chi connectivity index (χ1) is 12.8. The molecule has 27 heavy (non-hydrogen) atoms. The summed E-state index contributed by atoms with van der Waals surface area (Å²) >= 11 is 0. The molecule has 0 radical (unpaired) electrons. The molecule has 1 fully saturated rings. The first-order valence-electron chi connectivity index (χ1n) is 8.70. The standard InChI is InChI=1S/C16H25N3O2.C2H2O4/c1-14-2-4-15(5-3-14)17-16(21)6-7-18-8-10-19(11-9-18)12-13-20;3-1(4)2(5)6/h2-5,20H,6-13H2,1H3,(H,17,21);(H,3,4)(H,5,6). The van der Waals surface area contributed by atoms with Crippen molar-refractivity contribution in [1.29, 1.82) is 0 Å². The fraction of sp³-hybridized carbons (Fsp3) is 0.500. The maximum atomic E-state index is 11.9. The zero-order chi connectivity index (χ0) is 20.2. The monoisotopic (exact) mass is 381 g/mol. The molecule has 0 saturated carbocycles. The number of hydrogen-bond donors (Lipinski definition) is 4. The van der Waals surface area contributed by atoms with Gasteiger partial charge in [-0.05, 0) is 19.1 Å². The number of carboxylic acid groups (broad SMARTS) is 2. The van der Waals surface area contributed by atoms with Crippen molar-refractivity contribution in [1.82, 2.24) is 9.80 Å². The molecule has 0 unspecified atom stereocenters. The van der Waals surface area contributed by atoms with Gasteiger partial charge in [-0.25, -0.2) is 9.59 Å². The minimum Gasteiger partial charge on any atom is -0.473 e. The van der Waals surface area contributed by atoms with Crippen molar-refractivity contribution in [3.05, 3.63) is 29.8 Å². The average Bonchev–Trinajstić information content (AvgIpc) is 2.64. The van der Waals surface area contributed by atoms with Gasteiger partial charge in [0.05, 0.1) is 6.61 Å². The molecule has 0 bridgehead atoms. The van der Waals surface area contributed by atoms with Crippen LogP contribution in [0.2, 0.25) is 0 Å². The highest BCUT2D eigenvalue weighted by Crippen LogP contribution is 2.09. The minimum absolute atomic E-state index is 0.0663. The van der Waals surface area contributed by atoms with Gasteiger partial charge in [-0.3, -0.25) is 9.69 Å². The molecule has 0 atom stereocenters. The number of rotatable bonds is 6. The highest BCUT2D eigenvalue weighted by Gasteiger charge is 2.16. The summed E-state index contributed by atoms with van der Waals surface area (Å²) in [7, 11) is 0. The Morgan fingerprint density at radius 3 is 1.85 bits per heavy atom. The van der Waals surface area contributed by atoms with Gasteiger partial charge in [0.1, 0.15) is 0 Å². The van der Waals surface area contributed by atoms with Crippen LogP contribution < -0.4 is 5.32 Å². The second-order valence-corrected chi connectivity index (χ2v) is 6.18. The number of carbonyl (C=O) groups excluding carboxylic acids is 1. The van der Waals surface area contributed by atoms with Gasteiger partial charge >= 0.3 is 11.9 Å². The van der Waals surface area contributed by atoms with E-state index in [0.717, 1.165) is 45.0 Å². The van der Waals surface area contributed by atoms with Gasteiger partial charge in [0.15, 0.2) is 0 Å². The van der Waals surface area contributed by atoms with Crippen molar-refractivity contribution in [3.8, 4) is 0 Å². The Bertz CT molecular complexity index is 600. The number of hydrogen-bond acceptors (Lipinski definition) is 6. The van der Waals surface area contributed by atoms with Crippen LogP contribution >= 0.6 is 0 Å². The lowest BCUT2D eigenvalue weighted by atomic mass is 10.2. The molecule has 1 heterocycles. The lowest BCUT2D eigenvalue weighted by Gasteiger charge is -2.34. The van der Waals surface area contributed by atoms with Crippen molar-refractivity contribution in [2.75, 3.05) is 51.2 Å². The van der Waals surface area contributed by atoms with Crippen LogP contribution in [0.3, 0.4) is 0 Å². The second kappa shape index (κ2) is 12.0. The smallest absolute Gasteiger partial charge is 0.414 e. The predicted molar refractivity (Wildman–Crippen MR) is 99.7 cm³/mol. The maximum Gasteiger partial charge on any atom is 0.414 e. The van der Waals surface area contributed by atoms with Gasteiger partial charge in [-0.1, -0.05) is 17.7 Å². The van der Waals surface area contributed by atoms with Gasteiger partial charge in [0.25, 0.3) is 0 Å². The molecule has 150 valence electrons. The number of aliphatic hydroxyl groups excluding tert-OH is 1. The van der Waals surface area contributed by atoms with Crippen LogP contribution in [0.4, 0.5) is 5.69 Å². The summed E-state index contributed by atoms with van der Waals surface area (Å²) < 4.78 is 0. The molecular weight excluding hydrogens is 354 g/mol. The van der Waals surface area contributed by atoms with E-state index in [1.807, 2.05) is 31.2 Å². The van der Waals surface area contributed by atoms with Crippen molar-refractivity contribution >= 4 is 23.5 Å². The van der Waals surface area contributed by atoms with E-state index < -0.39 is 11.9 Å². The van der Waals surface area contributed by atoms with Crippen molar-refractivity contribution in [2.45, 2.75) is 13.3 Å². The molecule has 0 aromatic heterocycles. The van der Waals surface area contributed by atoms with Gasteiger partial charge < -0.3 is 25.5 Å². The van der Waals surface area contributed by atoms with Crippen LogP contribution in [-0.4, -0.2) is 88.8 Å². The molecule has 2 rings (SSSR count). The summed E-state index contributed by atoms with van der Waals surface area (Å²) in [5, 5.41) is 26.6. The summed E-state index contributed by atoms with van der Waals surface area (Å²) in [6.07, 6.45) is 0.522. The predicted octanol–water partition coefficient (Wildman–Crippen LogP) is 0.0891. The van der Waals surface area contributed by atoms with E-state index in [9.17, 15) is 4.79 Å². The summed E-state index contributed by atoms with van der Waals surface area (Å²) in [5.41, 5.74) is 2.05. The third kappa shape index (κ3) is 9.69. The number of carboxylic acids is 2. The average molecular weight is 381 g/mol. The SMILES string of the molecule is Cc1ccc(NC(=O)CCN2CCN(CCO)CC2)cc1.O=C(O)C(=O)O. The van der Waals surface area contributed by atoms with E-state index in [2.05, 4.69) is 15.1 Å². The van der Waals surface area contributed by atoms with Crippen LogP contribution in [0, 0.1) is 6.92 Å². The first kappa shape index (κ1) is 22.6. The van der Waals surface area contributed by atoms with Gasteiger partial charge in [0.2, 0.25) is 5.91 Å². The number of aliphatic hydroxyl groups is 1. The Morgan fingerprint density at radius 2 is 1.41 bits per heavy atom. The molecule has 0 spiro atoms. The summed E-state index contributed by atoms with van der Waals surface area (Å²) in [6.45, 7) is 7.68. The van der Waals surface area contributed by atoms with Crippen molar-refractivity contribution in [2.24, 2.45) is 0 Å². The zero-order valence-corrected chi connectivity index (χ0v) is 15.4. The number of carbonyl (C=O) groups is 3. The lowest BCUT2D eigenvalue weighted by molar-refractivity contribution is -0.159. The third-order valence-electron chi connectivity index (χ3n) is 4.05. The number of aryl methyl sites for hydroxylation is 1. The van der Waals surface area contributed by atoms with E-state index in [1.165, 1.54) is 5.56 Å². The number of piperazine rings is 1. The number of nitrogens with one attached hydrogen (secondary N) is 1. The summed E-state index contributed by atoms with van der Waals surface area (Å²) in [6, 6.07) is 7.85. The highest BCUT2D eigenvalue weighted by molar-refractivity contribution is 6.27. The Labute approximate surface area is 158 Å². The Morgan fingerprint density at radius 1 is 0.926 bits per heavy atom. The number of benzene rings is 1. The summed E-state index contributed by atoms with van der Waals surface area (Å²) in [5.74, 6) is -3.58. The number of amides is 1. The van der Waals surface area contributed by atoms with E-state index >= 15 is 0 Å². The van der Waals surface area contributed by atoms with E-state index in [-0.39, 0.29) is 12.5 Å². The van der Waals surface area contributed by atoms with Crippen molar-refractivity contribution in [3.63, 3.8) is 0 Å². The molecule has 1 aromatic rings. The third-order valence-corrected chi connectivity index (χ3v) is 4.05. The molecule has 1 aliphatic heterocycles. The van der Waals surface area contributed by atoms with Crippen LogP contribution in [0.15, 0.2) is 24.3 Å². The fourth-order valence-corrected chi connectivity index (χ4v) is 2.50. The van der Waals surface area contributed by atoms with Crippen molar-refractivity contribution < 1.29 is 29.7 Å². The molecule has 1 aliphatic rings. The van der Waals surface area contributed by atoms with Crippen LogP contribution in [-0.2, 0) is 14.4 Å². The Balaban J connectivity index is 0.000000527. The van der Waals surface area contributed by atoms with Gasteiger partial charge in [-0.2, -0.15) is 0 Å². The first-order valence-corrected chi connectivity index (χ1v) is 8.70. The number of anilines is 1. The van der Waals surface area contributed by atoms with E-state index in [1.54, 1.807) is 0 Å². The summed E-state index contributed by atoms with van der Waals surface area (Å²) in [4.78, 5) is 34.7. The van der Waals surface area contributed by atoms with Crippen LogP contribution in [0.25, 0.3) is 0 Å². The van der Waals surface area contributed by atoms with Gasteiger partial charge in [-0.15, -0.1) is 0 Å². The Kier molecular flexibility index (Phi) is 10.0. The molecule has 9 heteroatoms. The molecule has 9 nitrogen and oxygen atoms in total. The highest BCUT2D eigenvalue weighted by atomic mass is 16.4. The number of nitrogens with zero attached hydrogens (tertiary/aromatic N) is 2. The lowest BCUT2D eigenvalue weighted by Crippen LogP contribution is -2.47. The normalized spacial score (nSPS) is 14.7. The largest absolute Gasteiger partial charge is 0.473 e. The topological polar surface area (TPSA) is 130 Å². The minimum atomic E-state index is -1.82. The quantitative estimate of drug-likeness (QED) is 0.510. The zero-order valence-electron chi connectivity index (χ0n) is 15.4. The Hall–Kier alpha value is -2.49. The van der Waals surface area contributed by atoms with Gasteiger partial charge in [0, 0.05) is 51.4 Å². The van der Waals surface area contributed by atoms with E-state index in [4.69, 9.17) is 24.9 Å². The maximum absolute atomic E-state index is 11.9. The number of aliphatic carboxylic acids is 2. The fourth-order valence-electron chi connectivity index (χ4n) is 2.50. The van der Waals surface area contributed by atoms with Crippen LogP contribution in [0.5, 0.6) is 0 Å². The van der Waals surface area contributed by atoms with E-state index in [0.29, 0.717) is 6.42 Å². The molecular formula is C18H27N3O6. The molecule has 0 aliphatic carbocycles. The molecule has 4 N–H and O–H groups in total. The molecule has 1 saturated heterocycles. The second-order valence-electron chi connectivity index (χ2n) is 6.18. The molecule has 1 amide bonds.